The van der Waals surface area contributed by atoms with Crippen molar-refractivity contribution in [2.75, 3.05) is 26.2 Å². The summed E-state index contributed by atoms with van der Waals surface area (Å²) in [4.78, 5) is 15.0. The second-order valence-electron chi connectivity index (χ2n) is 6.30. The van der Waals surface area contributed by atoms with Crippen LogP contribution >= 0.6 is 0 Å². The number of carbonyl (C=O) groups is 1. The first-order chi connectivity index (χ1) is 11.2. The average molecular weight is 344 g/mol. The summed E-state index contributed by atoms with van der Waals surface area (Å²) in [5.41, 5.74) is 2.80. The number of carbonyl (C=O) groups excluding carboxylic acids is 1. The van der Waals surface area contributed by atoms with Gasteiger partial charge < -0.3 is 10.0 Å². The molecular weight excluding hydrogens is 321 g/mol. The molecule has 1 amide bonds. The third kappa shape index (κ3) is 4.87. The van der Waals surface area contributed by atoms with Gasteiger partial charge in [0.2, 0.25) is 5.91 Å². The minimum absolute atomic E-state index is 0.0184. The fraction of sp³-hybridized carbons (Fsp3) is 0.588. The van der Waals surface area contributed by atoms with Crippen LogP contribution in [0.25, 0.3) is 0 Å². The molecule has 1 aromatic rings. The maximum atomic E-state index is 12.6. The van der Waals surface area contributed by atoms with Crippen LogP contribution in [0.5, 0.6) is 5.75 Å². The number of halogens is 3. The van der Waals surface area contributed by atoms with Gasteiger partial charge in [-0.1, -0.05) is 13.0 Å². The SMILES string of the molecule is CCCN(CC(F)(F)F)C(=O)CN1CCc2cc(O)c(C)cc2C1. The van der Waals surface area contributed by atoms with Crippen LogP contribution < -0.4 is 0 Å². The van der Waals surface area contributed by atoms with Crippen LogP contribution in [-0.4, -0.2) is 53.2 Å². The summed E-state index contributed by atoms with van der Waals surface area (Å²) >= 11 is 0. The number of phenolic OH excluding ortho intramolecular Hbond substituents is 1. The molecule has 0 atom stereocenters. The topological polar surface area (TPSA) is 43.8 Å². The maximum Gasteiger partial charge on any atom is 0.406 e. The molecule has 24 heavy (non-hydrogen) atoms. The van der Waals surface area contributed by atoms with Crippen LogP contribution in [0.2, 0.25) is 0 Å². The summed E-state index contributed by atoms with van der Waals surface area (Å²) in [5.74, 6) is -0.245. The van der Waals surface area contributed by atoms with Crippen molar-refractivity contribution in [1.29, 1.82) is 0 Å². The van der Waals surface area contributed by atoms with Crippen molar-refractivity contribution >= 4 is 5.91 Å². The normalized spacial score (nSPS) is 15.2. The highest BCUT2D eigenvalue weighted by Gasteiger charge is 2.33. The van der Waals surface area contributed by atoms with Crippen molar-refractivity contribution < 1.29 is 23.1 Å². The van der Waals surface area contributed by atoms with Crippen molar-refractivity contribution in [3.05, 3.63) is 28.8 Å². The van der Waals surface area contributed by atoms with Crippen LogP contribution in [0.4, 0.5) is 13.2 Å². The third-order valence-electron chi connectivity index (χ3n) is 4.18. The van der Waals surface area contributed by atoms with Crippen molar-refractivity contribution in [2.45, 2.75) is 39.4 Å². The molecular formula is C17H23F3N2O2. The van der Waals surface area contributed by atoms with Gasteiger partial charge in [0.15, 0.2) is 0 Å². The van der Waals surface area contributed by atoms with E-state index in [0.717, 1.165) is 21.6 Å². The van der Waals surface area contributed by atoms with Crippen molar-refractivity contribution in [3.8, 4) is 5.75 Å². The molecule has 0 aromatic heterocycles. The lowest BCUT2D eigenvalue weighted by Crippen LogP contribution is -2.45. The van der Waals surface area contributed by atoms with Gasteiger partial charge in [0.05, 0.1) is 6.54 Å². The number of aryl methyl sites for hydroxylation is 1. The zero-order chi connectivity index (χ0) is 17.9. The maximum absolute atomic E-state index is 12.6. The number of benzene rings is 1. The highest BCUT2D eigenvalue weighted by Crippen LogP contribution is 2.26. The fourth-order valence-electron chi connectivity index (χ4n) is 2.98. The first-order valence-electron chi connectivity index (χ1n) is 8.08. The van der Waals surface area contributed by atoms with Crippen molar-refractivity contribution in [1.82, 2.24) is 9.80 Å². The van der Waals surface area contributed by atoms with Gasteiger partial charge in [-0.05, 0) is 42.5 Å². The average Bonchev–Trinajstić information content (AvgIpc) is 2.47. The molecule has 1 aromatic carbocycles. The number of nitrogens with zero attached hydrogens (tertiary/aromatic N) is 2. The highest BCUT2D eigenvalue weighted by molar-refractivity contribution is 5.78. The van der Waals surface area contributed by atoms with Crippen LogP contribution in [0.3, 0.4) is 0 Å². The second kappa shape index (κ2) is 7.42. The van der Waals surface area contributed by atoms with Crippen LogP contribution in [0.1, 0.15) is 30.0 Å². The first-order valence-corrected chi connectivity index (χ1v) is 8.08. The largest absolute Gasteiger partial charge is 0.508 e. The van der Waals surface area contributed by atoms with Gasteiger partial charge >= 0.3 is 6.18 Å². The van der Waals surface area contributed by atoms with E-state index in [9.17, 15) is 23.1 Å². The Hall–Kier alpha value is -1.76. The molecule has 0 fully saturated rings. The molecule has 1 aliphatic rings. The summed E-state index contributed by atoms with van der Waals surface area (Å²) in [6, 6.07) is 3.61. The molecule has 1 aliphatic heterocycles. The minimum Gasteiger partial charge on any atom is -0.508 e. The number of phenols is 1. The molecule has 1 N–H and O–H groups in total. The molecule has 0 radical (unpaired) electrons. The monoisotopic (exact) mass is 344 g/mol. The zero-order valence-corrected chi connectivity index (χ0v) is 14.0. The smallest absolute Gasteiger partial charge is 0.406 e. The van der Waals surface area contributed by atoms with Gasteiger partial charge in [-0.3, -0.25) is 9.69 Å². The molecule has 4 nitrogen and oxygen atoms in total. The van der Waals surface area contributed by atoms with Gasteiger partial charge in [0.1, 0.15) is 12.3 Å². The Labute approximate surface area is 139 Å². The Kier molecular flexibility index (Phi) is 5.74. The fourth-order valence-corrected chi connectivity index (χ4v) is 2.98. The molecule has 7 heteroatoms. The molecule has 134 valence electrons. The van der Waals surface area contributed by atoms with Crippen molar-refractivity contribution in [2.24, 2.45) is 0 Å². The van der Waals surface area contributed by atoms with Crippen LogP contribution in [0.15, 0.2) is 12.1 Å². The number of fused-ring (bicyclic) bond motifs is 1. The number of aromatic hydroxyl groups is 1. The van der Waals surface area contributed by atoms with Crippen molar-refractivity contribution in [3.63, 3.8) is 0 Å². The van der Waals surface area contributed by atoms with E-state index in [1.54, 1.807) is 19.9 Å². The van der Waals surface area contributed by atoms with E-state index in [2.05, 4.69) is 0 Å². The molecule has 0 unspecified atom stereocenters. The highest BCUT2D eigenvalue weighted by atomic mass is 19.4. The van der Waals surface area contributed by atoms with E-state index in [4.69, 9.17) is 0 Å². The van der Waals surface area contributed by atoms with E-state index in [-0.39, 0.29) is 18.8 Å². The summed E-state index contributed by atoms with van der Waals surface area (Å²) < 4.78 is 37.8. The number of amides is 1. The Bertz CT molecular complexity index is 602. The van der Waals surface area contributed by atoms with Crippen LogP contribution in [-0.2, 0) is 17.8 Å². The predicted molar refractivity (Wildman–Crippen MR) is 84.8 cm³/mol. The molecule has 1 heterocycles. The number of hydrogen-bond donors (Lipinski definition) is 1. The van der Waals surface area contributed by atoms with Crippen LogP contribution in [0, 0.1) is 6.92 Å². The predicted octanol–water partition coefficient (Wildman–Crippen LogP) is 2.86. The Morgan fingerprint density at radius 3 is 2.67 bits per heavy atom. The number of hydrogen-bond acceptors (Lipinski definition) is 3. The lowest BCUT2D eigenvalue weighted by atomic mass is 9.97. The Morgan fingerprint density at radius 2 is 2.04 bits per heavy atom. The minimum atomic E-state index is -4.38. The molecule has 0 bridgehead atoms. The van der Waals surface area contributed by atoms with E-state index in [0.29, 0.717) is 25.9 Å². The molecule has 2 rings (SSSR count). The van der Waals surface area contributed by atoms with Gasteiger partial charge in [0.25, 0.3) is 0 Å². The van der Waals surface area contributed by atoms with E-state index >= 15 is 0 Å². The lowest BCUT2D eigenvalue weighted by molar-refractivity contribution is -0.162. The molecule has 0 saturated heterocycles. The van der Waals surface area contributed by atoms with Gasteiger partial charge in [-0.15, -0.1) is 0 Å². The molecule has 0 spiro atoms. The van der Waals surface area contributed by atoms with E-state index < -0.39 is 18.6 Å². The van der Waals surface area contributed by atoms with Gasteiger partial charge in [0, 0.05) is 19.6 Å². The number of rotatable bonds is 5. The standard InChI is InChI=1S/C17H23F3N2O2/c1-3-5-22(11-17(18,19)20)16(24)10-21-6-4-13-8-15(23)12(2)7-14(13)9-21/h7-8,23H,3-6,9-11H2,1-2H3. The second-order valence-corrected chi connectivity index (χ2v) is 6.30. The number of alkyl halides is 3. The Balaban J connectivity index is 2.02. The van der Waals surface area contributed by atoms with Gasteiger partial charge in [-0.25, -0.2) is 0 Å². The van der Waals surface area contributed by atoms with E-state index in [1.165, 1.54) is 0 Å². The summed E-state index contributed by atoms with van der Waals surface area (Å²) in [5, 5.41) is 9.75. The molecule has 0 aliphatic carbocycles. The quantitative estimate of drug-likeness (QED) is 0.893. The zero-order valence-electron chi connectivity index (χ0n) is 14.0. The first kappa shape index (κ1) is 18.6. The summed E-state index contributed by atoms with van der Waals surface area (Å²) in [6.45, 7) is 3.54. The Morgan fingerprint density at radius 1 is 1.33 bits per heavy atom. The lowest BCUT2D eigenvalue weighted by Gasteiger charge is -2.31. The molecule has 0 saturated carbocycles. The third-order valence-corrected chi connectivity index (χ3v) is 4.18. The summed E-state index contributed by atoms with van der Waals surface area (Å²) in [7, 11) is 0. The van der Waals surface area contributed by atoms with Gasteiger partial charge in [-0.2, -0.15) is 13.2 Å². The summed E-state index contributed by atoms with van der Waals surface area (Å²) in [6.07, 6.45) is -3.22. The van der Waals surface area contributed by atoms with E-state index in [1.807, 2.05) is 11.0 Å².